The van der Waals surface area contributed by atoms with Gasteiger partial charge in [0.2, 0.25) is 0 Å². The molecule has 230 valence electrons. The Balaban J connectivity index is 2.60. The van der Waals surface area contributed by atoms with Gasteiger partial charge >= 0.3 is 35.8 Å². The van der Waals surface area contributed by atoms with Crippen molar-refractivity contribution in [2.75, 3.05) is 19.8 Å². The molecule has 1 N–H and O–H groups in total. The fourth-order valence-electron chi connectivity index (χ4n) is 4.11. The van der Waals surface area contributed by atoms with E-state index >= 15 is 0 Å². The Labute approximate surface area is 234 Å². The first-order valence-electron chi connectivity index (χ1n) is 12.3. The summed E-state index contributed by atoms with van der Waals surface area (Å²) in [5, 5.41) is 12.6. The molecule has 0 aromatic carbocycles. The lowest BCUT2D eigenvalue weighted by Crippen LogP contribution is -2.65. The molecule has 2 fully saturated rings. The van der Waals surface area contributed by atoms with Crippen molar-refractivity contribution in [1.29, 1.82) is 0 Å². The van der Waals surface area contributed by atoms with Gasteiger partial charge in [0, 0.05) is 41.5 Å². The third-order valence-electron chi connectivity index (χ3n) is 5.55. The van der Waals surface area contributed by atoms with Crippen molar-refractivity contribution in [3.8, 4) is 0 Å². The fraction of sp³-hybridized carbons (Fsp3) is 0.708. The predicted molar refractivity (Wildman–Crippen MR) is 128 cm³/mol. The summed E-state index contributed by atoms with van der Waals surface area (Å²) in [7, 11) is 0. The standard InChI is InChI=1S/C24H33NO16/c1-10(26)33-8-17-20(19(36-12(3)28)16(25-32)7-35-17)41-24-23(39-15(6)31)22(38-14(5)30)21(37-13(4)29)18(40-24)9-34-11(2)27/h17-24,32H,7-9H2,1-6H3/b25-16+/t17-,18-,19-,20-,21-,22+,23-,24+/m1/s1. The average Bonchev–Trinajstić information content (AvgIpc) is 2.85. The van der Waals surface area contributed by atoms with Crippen LogP contribution in [-0.4, -0.2) is 116 Å². The molecular weight excluding hydrogens is 558 g/mol. The van der Waals surface area contributed by atoms with Gasteiger partial charge < -0.3 is 47.8 Å². The summed E-state index contributed by atoms with van der Waals surface area (Å²) in [6.07, 6.45) is -11.6. The molecule has 0 unspecified atom stereocenters. The normalized spacial score (nSPS) is 30.4. The first-order valence-corrected chi connectivity index (χ1v) is 12.3. The van der Waals surface area contributed by atoms with Crippen molar-refractivity contribution in [2.45, 2.75) is 90.6 Å². The molecule has 0 saturated carbocycles. The number of rotatable bonds is 10. The van der Waals surface area contributed by atoms with E-state index in [4.69, 9.17) is 42.6 Å². The topological polar surface area (TPSA) is 218 Å². The predicted octanol–water partition coefficient (Wildman–Crippen LogP) is -0.821. The van der Waals surface area contributed by atoms with Crippen LogP contribution in [0.15, 0.2) is 5.16 Å². The van der Waals surface area contributed by atoms with Crippen LogP contribution in [0.25, 0.3) is 0 Å². The molecule has 17 heteroatoms. The molecule has 0 amide bonds. The third-order valence-corrected chi connectivity index (χ3v) is 5.55. The number of hydrogen-bond donors (Lipinski definition) is 1. The quantitative estimate of drug-likeness (QED) is 0.142. The molecule has 2 aliphatic rings. The Bertz CT molecular complexity index is 1030. The van der Waals surface area contributed by atoms with Gasteiger partial charge in [-0.15, -0.1) is 0 Å². The molecular formula is C24H33NO16. The highest BCUT2D eigenvalue weighted by Gasteiger charge is 2.55. The molecule has 0 aliphatic carbocycles. The van der Waals surface area contributed by atoms with Crippen LogP contribution < -0.4 is 0 Å². The summed E-state index contributed by atoms with van der Waals surface area (Å²) >= 11 is 0. The first kappa shape index (κ1) is 33.4. The van der Waals surface area contributed by atoms with E-state index in [2.05, 4.69) is 5.16 Å². The van der Waals surface area contributed by atoms with Crippen LogP contribution in [-0.2, 0) is 71.4 Å². The van der Waals surface area contributed by atoms with Gasteiger partial charge in [-0.25, -0.2) is 0 Å². The zero-order valence-electron chi connectivity index (χ0n) is 23.3. The smallest absolute Gasteiger partial charge is 0.303 e. The van der Waals surface area contributed by atoms with Crippen LogP contribution in [0.2, 0.25) is 0 Å². The maximum Gasteiger partial charge on any atom is 0.303 e. The Hall–Kier alpha value is -3.83. The van der Waals surface area contributed by atoms with E-state index < -0.39 is 98.0 Å². The van der Waals surface area contributed by atoms with Crippen molar-refractivity contribution in [1.82, 2.24) is 0 Å². The largest absolute Gasteiger partial charge is 0.463 e. The van der Waals surface area contributed by atoms with Crippen molar-refractivity contribution in [2.24, 2.45) is 5.16 Å². The van der Waals surface area contributed by atoms with Gasteiger partial charge in [-0.3, -0.25) is 28.8 Å². The molecule has 2 saturated heterocycles. The summed E-state index contributed by atoms with van der Waals surface area (Å²) in [6, 6.07) is 0. The minimum atomic E-state index is -1.69. The second-order valence-electron chi connectivity index (χ2n) is 8.94. The zero-order chi connectivity index (χ0) is 30.9. The van der Waals surface area contributed by atoms with E-state index in [0.717, 1.165) is 41.5 Å². The lowest BCUT2D eigenvalue weighted by molar-refractivity contribution is -0.329. The monoisotopic (exact) mass is 591 g/mol. The highest BCUT2D eigenvalue weighted by atomic mass is 16.7. The highest BCUT2D eigenvalue weighted by Crippen LogP contribution is 2.33. The number of hydrogen-bond acceptors (Lipinski definition) is 17. The summed E-state index contributed by atoms with van der Waals surface area (Å²) < 4.78 is 49.0. The van der Waals surface area contributed by atoms with Crippen molar-refractivity contribution in [3.63, 3.8) is 0 Å². The lowest BCUT2D eigenvalue weighted by atomic mass is 9.96. The Kier molecular flexibility index (Phi) is 12.4. The van der Waals surface area contributed by atoms with Gasteiger partial charge in [0.15, 0.2) is 30.7 Å². The van der Waals surface area contributed by atoms with E-state index in [9.17, 15) is 34.0 Å². The second-order valence-corrected chi connectivity index (χ2v) is 8.94. The third kappa shape index (κ3) is 9.94. The molecule has 0 aromatic rings. The molecule has 0 radical (unpaired) electrons. The Morgan fingerprint density at radius 2 is 1.17 bits per heavy atom. The molecule has 2 rings (SSSR count). The summed E-state index contributed by atoms with van der Waals surface area (Å²) in [4.78, 5) is 71.1. The van der Waals surface area contributed by atoms with Gasteiger partial charge in [0.1, 0.15) is 37.2 Å². The first-order chi connectivity index (χ1) is 19.2. The molecule has 8 atom stereocenters. The number of nitrogens with zero attached hydrogens (tertiary/aromatic N) is 1. The highest BCUT2D eigenvalue weighted by molar-refractivity contribution is 5.92. The molecule has 17 nitrogen and oxygen atoms in total. The van der Waals surface area contributed by atoms with Crippen LogP contribution in [0.4, 0.5) is 0 Å². The maximum atomic E-state index is 12.1. The maximum absolute atomic E-state index is 12.1. The minimum absolute atomic E-state index is 0.185. The van der Waals surface area contributed by atoms with Crippen molar-refractivity contribution < 1.29 is 76.6 Å². The Morgan fingerprint density at radius 3 is 1.66 bits per heavy atom. The lowest BCUT2D eigenvalue weighted by Gasteiger charge is -2.46. The number of carbonyl (C=O) groups excluding carboxylic acids is 6. The van der Waals surface area contributed by atoms with Crippen molar-refractivity contribution in [3.05, 3.63) is 0 Å². The zero-order valence-corrected chi connectivity index (χ0v) is 23.3. The molecule has 2 heterocycles. The van der Waals surface area contributed by atoms with Crippen LogP contribution >= 0.6 is 0 Å². The number of carbonyl (C=O) groups is 6. The van der Waals surface area contributed by atoms with Crippen LogP contribution in [0.1, 0.15) is 41.5 Å². The SMILES string of the molecule is CC(=O)OC[C@H]1O[C@@H](O[C@H]2[C@H](OC(C)=O)/C(=N/O)CO[C@@H]2COC(C)=O)[C@H](OC(C)=O)[C@@H](OC(C)=O)[C@@H]1OC(C)=O. The molecule has 0 aromatic heterocycles. The number of oxime groups is 1. The van der Waals surface area contributed by atoms with E-state index in [-0.39, 0.29) is 12.3 Å². The number of esters is 6. The van der Waals surface area contributed by atoms with Gasteiger partial charge in [-0.1, -0.05) is 5.16 Å². The Morgan fingerprint density at radius 1 is 0.683 bits per heavy atom. The molecule has 41 heavy (non-hydrogen) atoms. The minimum Gasteiger partial charge on any atom is -0.463 e. The molecule has 2 aliphatic heterocycles. The van der Waals surface area contributed by atoms with Gasteiger partial charge in [0.25, 0.3) is 0 Å². The van der Waals surface area contributed by atoms with Crippen LogP contribution in [0, 0.1) is 0 Å². The van der Waals surface area contributed by atoms with E-state index in [0.29, 0.717) is 0 Å². The summed E-state index contributed by atoms with van der Waals surface area (Å²) in [6.45, 7) is 5.20. The van der Waals surface area contributed by atoms with Gasteiger partial charge in [0.05, 0.1) is 6.61 Å². The van der Waals surface area contributed by atoms with Crippen LogP contribution in [0.3, 0.4) is 0 Å². The number of ether oxygens (including phenoxy) is 9. The fourth-order valence-corrected chi connectivity index (χ4v) is 4.11. The van der Waals surface area contributed by atoms with Gasteiger partial charge in [-0.2, -0.15) is 0 Å². The van der Waals surface area contributed by atoms with E-state index in [1.165, 1.54) is 0 Å². The second kappa shape index (κ2) is 15.2. The molecule has 0 spiro atoms. The van der Waals surface area contributed by atoms with E-state index in [1.807, 2.05) is 0 Å². The van der Waals surface area contributed by atoms with Crippen LogP contribution in [0.5, 0.6) is 0 Å². The average molecular weight is 592 g/mol. The van der Waals surface area contributed by atoms with Crippen molar-refractivity contribution >= 4 is 41.5 Å². The molecule has 0 bridgehead atoms. The summed E-state index contributed by atoms with van der Waals surface area (Å²) in [5.41, 5.74) is -0.185. The van der Waals surface area contributed by atoms with E-state index in [1.54, 1.807) is 0 Å². The van der Waals surface area contributed by atoms with Gasteiger partial charge in [-0.05, 0) is 0 Å². The summed E-state index contributed by atoms with van der Waals surface area (Å²) in [5.74, 6) is -4.78.